The molecule has 102 valence electrons. The molecule has 3 rings (SSSR count). The van der Waals surface area contributed by atoms with Crippen molar-refractivity contribution in [2.24, 2.45) is 5.92 Å². The number of ether oxygens (including phenoxy) is 2. The molecule has 3 heteroatoms. The van der Waals surface area contributed by atoms with E-state index in [9.17, 15) is 0 Å². The second-order valence-electron chi connectivity index (χ2n) is 6.22. The number of piperidine rings is 1. The van der Waals surface area contributed by atoms with Crippen molar-refractivity contribution in [2.75, 3.05) is 32.8 Å². The van der Waals surface area contributed by atoms with Crippen molar-refractivity contribution in [1.29, 1.82) is 0 Å². The molecule has 0 bridgehead atoms. The van der Waals surface area contributed by atoms with Crippen LogP contribution in [0.5, 0.6) is 0 Å². The van der Waals surface area contributed by atoms with Gasteiger partial charge < -0.3 is 14.4 Å². The molecule has 18 heavy (non-hydrogen) atoms. The Morgan fingerprint density at radius 2 is 2.33 bits per heavy atom. The van der Waals surface area contributed by atoms with E-state index < -0.39 is 0 Å². The highest BCUT2D eigenvalue weighted by Gasteiger charge is 2.44. The Morgan fingerprint density at radius 3 is 3.11 bits per heavy atom. The quantitative estimate of drug-likeness (QED) is 0.699. The van der Waals surface area contributed by atoms with Crippen LogP contribution in [0.4, 0.5) is 0 Å². The summed E-state index contributed by atoms with van der Waals surface area (Å²) in [5.74, 6) is 0.981. The molecule has 2 atom stereocenters. The van der Waals surface area contributed by atoms with Gasteiger partial charge in [0.15, 0.2) is 0 Å². The molecule has 0 aromatic heterocycles. The number of nitrogens with zero attached hydrogens (tertiary/aromatic N) is 1. The lowest BCUT2D eigenvalue weighted by atomic mass is 9.89. The average Bonchev–Trinajstić information content (AvgIpc) is 3.10. The van der Waals surface area contributed by atoms with E-state index >= 15 is 0 Å². The molecule has 0 aromatic rings. The zero-order valence-corrected chi connectivity index (χ0v) is 11.3. The van der Waals surface area contributed by atoms with Crippen LogP contribution in [-0.4, -0.2) is 49.5 Å². The maximum atomic E-state index is 6.12. The third kappa shape index (κ3) is 2.95. The molecule has 0 amide bonds. The molecule has 3 aliphatic rings. The van der Waals surface area contributed by atoms with E-state index in [1.807, 2.05) is 6.08 Å². The molecule has 2 heterocycles. The van der Waals surface area contributed by atoms with Crippen molar-refractivity contribution in [3.8, 4) is 0 Å². The van der Waals surface area contributed by atoms with Gasteiger partial charge in [0.25, 0.3) is 0 Å². The maximum Gasteiger partial charge on any atom is 0.0841 e. The van der Waals surface area contributed by atoms with E-state index in [1.165, 1.54) is 38.8 Å². The van der Waals surface area contributed by atoms with E-state index in [-0.39, 0.29) is 11.7 Å². The van der Waals surface area contributed by atoms with Gasteiger partial charge in [-0.15, -0.1) is 6.58 Å². The van der Waals surface area contributed by atoms with E-state index in [4.69, 9.17) is 9.47 Å². The largest absolute Gasteiger partial charge is 0.372 e. The van der Waals surface area contributed by atoms with Crippen LogP contribution in [0.3, 0.4) is 0 Å². The van der Waals surface area contributed by atoms with Crippen LogP contribution < -0.4 is 0 Å². The lowest BCUT2D eigenvalue weighted by Crippen LogP contribution is -2.48. The molecule has 3 fully saturated rings. The molecule has 0 aromatic carbocycles. The van der Waals surface area contributed by atoms with Gasteiger partial charge in [-0.05, 0) is 38.1 Å². The van der Waals surface area contributed by atoms with Crippen LogP contribution in [0.15, 0.2) is 12.7 Å². The van der Waals surface area contributed by atoms with Gasteiger partial charge in [0, 0.05) is 19.5 Å². The summed E-state index contributed by atoms with van der Waals surface area (Å²) in [6.45, 7) is 8.80. The highest BCUT2D eigenvalue weighted by atomic mass is 16.6. The van der Waals surface area contributed by atoms with Gasteiger partial charge >= 0.3 is 0 Å². The molecule has 3 nitrogen and oxygen atoms in total. The lowest BCUT2D eigenvalue weighted by Gasteiger charge is -2.39. The van der Waals surface area contributed by atoms with E-state index in [2.05, 4.69) is 11.5 Å². The third-order valence-corrected chi connectivity index (χ3v) is 4.46. The zero-order valence-electron chi connectivity index (χ0n) is 11.3. The van der Waals surface area contributed by atoms with Crippen molar-refractivity contribution in [1.82, 2.24) is 4.90 Å². The van der Waals surface area contributed by atoms with Gasteiger partial charge in [-0.1, -0.05) is 6.08 Å². The van der Waals surface area contributed by atoms with Crippen LogP contribution >= 0.6 is 0 Å². The van der Waals surface area contributed by atoms with E-state index in [0.29, 0.717) is 6.61 Å². The molecular weight excluding hydrogens is 226 g/mol. The molecule has 2 unspecified atom stereocenters. The van der Waals surface area contributed by atoms with Crippen molar-refractivity contribution in [3.63, 3.8) is 0 Å². The first kappa shape index (κ1) is 12.6. The van der Waals surface area contributed by atoms with Crippen LogP contribution in [-0.2, 0) is 9.47 Å². The molecule has 0 N–H and O–H groups in total. The fourth-order valence-corrected chi connectivity index (χ4v) is 3.41. The van der Waals surface area contributed by atoms with Gasteiger partial charge in [-0.2, -0.15) is 0 Å². The van der Waals surface area contributed by atoms with Gasteiger partial charge in [0.1, 0.15) is 0 Å². The number of likely N-dealkylation sites (tertiary alicyclic amines) is 1. The molecule has 1 saturated carbocycles. The molecule has 1 spiro atoms. The second kappa shape index (κ2) is 5.32. The molecule has 2 aliphatic heterocycles. The van der Waals surface area contributed by atoms with Gasteiger partial charge in [0.2, 0.25) is 0 Å². The average molecular weight is 251 g/mol. The van der Waals surface area contributed by atoms with E-state index in [1.54, 1.807) is 0 Å². The summed E-state index contributed by atoms with van der Waals surface area (Å²) in [6.07, 6.45) is 8.55. The molecular formula is C15H25NO2. The highest BCUT2D eigenvalue weighted by molar-refractivity contribution is 4.96. The monoisotopic (exact) mass is 251 g/mol. The second-order valence-corrected chi connectivity index (χ2v) is 6.22. The summed E-state index contributed by atoms with van der Waals surface area (Å²) in [4.78, 5) is 2.62. The number of rotatable bonds is 5. The highest BCUT2D eigenvalue weighted by Crippen LogP contribution is 2.37. The minimum Gasteiger partial charge on any atom is -0.372 e. The van der Waals surface area contributed by atoms with Gasteiger partial charge in [0.05, 0.1) is 24.9 Å². The molecule has 1 aliphatic carbocycles. The SMILES string of the molecule is C=CCOC1COC2(CCCN(CC3CC3)C2)C1. The van der Waals surface area contributed by atoms with Gasteiger partial charge in [-0.3, -0.25) is 0 Å². The predicted molar refractivity (Wildman–Crippen MR) is 71.6 cm³/mol. The van der Waals surface area contributed by atoms with Crippen molar-refractivity contribution in [3.05, 3.63) is 12.7 Å². The first-order valence-electron chi connectivity index (χ1n) is 7.38. The minimum atomic E-state index is 0.0962. The summed E-state index contributed by atoms with van der Waals surface area (Å²) < 4.78 is 11.9. The number of hydrogen-bond donors (Lipinski definition) is 0. The first-order chi connectivity index (χ1) is 8.80. The van der Waals surface area contributed by atoms with Crippen LogP contribution in [0, 0.1) is 5.92 Å². The fourth-order valence-electron chi connectivity index (χ4n) is 3.41. The summed E-state index contributed by atoms with van der Waals surface area (Å²) in [5, 5.41) is 0. The summed E-state index contributed by atoms with van der Waals surface area (Å²) in [6, 6.07) is 0. The van der Waals surface area contributed by atoms with Gasteiger partial charge in [-0.25, -0.2) is 0 Å². The first-order valence-corrected chi connectivity index (χ1v) is 7.38. The Kier molecular flexibility index (Phi) is 3.73. The third-order valence-electron chi connectivity index (χ3n) is 4.46. The Hall–Kier alpha value is -0.380. The van der Waals surface area contributed by atoms with Crippen LogP contribution in [0.1, 0.15) is 32.1 Å². The Balaban J connectivity index is 1.52. The summed E-state index contributed by atoms with van der Waals surface area (Å²) in [7, 11) is 0. The normalized spacial score (nSPS) is 37.2. The van der Waals surface area contributed by atoms with Crippen molar-refractivity contribution < 1.29 is 9.47 Å². The van der Waals surface area contributed by atoms with Crippen LogP contribution in [0.2, 0.25) is 0 Å². The van der Waals surface area contributed by atoms with E-state index in [0.717, 1.165) is 25.5 Å². The van der Waals surface area contributed by atoms with Crippen molar-refractivity contribution in [2.45, 2.75) is 43.8 Å². The maximum absolute atomic E-state index is 6.12. The smallest absolute Gasteiger partial charge is 0.0841 e. The lowest BCUT2D eigenvalue weighted by molar-refractivity contribution is -0.0533. The Labute approximate surface area is 110 Å². The topological polar surface area (TPSA) is 21.7 Å². The summed E-state index contributed by atoms with van der Waals surface area (Å²) >= 11 is 0. The predicted octanol–water partition coefficient (Wildman–Crippen LogP) is 2.22. The number of hydrogen-bond acceptors (Lipinski definition) is 3. The Morgan fingerprint density at radius 1 is 1.44 bits per heavy atom. The Bertz CT molecular complexity index is 303. The molecule has 0 radical (unpaired) electrons. The summed E-state index contributed by atoms with van der Waals surface area (Å²) in [5.41, 5.74) is 0.0962. The molecule has 2 saturated heterocycles. The fraction of sp³-hybridized carbons (Fsp3) is 0.867. The minimum absolute atomic E-state index is 0.0962. The zero-order chi connectivity index (χ0) is 12.4. The van der Waals surface area contributed by atoms with Crippen LogP contribution in [0.25, 0.3) is 0 Å². The van der Waals surface area contributed by atoms with Crippen molar-refractivity contribution >= 4 is 0 Å². The standard InChI is InChI=1S/C15H25NO2/c1-2-8-17-14-9-15(18-11-14)6-3-7-16(12-15)10-13-4-5-13/h2,13-14H,1,3-12H2.